The molecule has 1 aromatic heterocycles. The molecule has 6 nitrogen and oxygen atoms in total. The van der Waals surface area contributed by atoms with Crippen molar-refractivity contribution in [3.8, 4) is 17.0 Å². The van der Waals surface area contributed by atoms with E-state index in [1.807, 2.05) is 11.9 Å². The SMILES string of the molecule is COCCOc1cc(-c2[nH]ncc2CN(C)CCN)cc(C(F)F)c1. The third-order valence-corrected chi connectivity index (χ3v) is 3.69. The third-order valence-electron chi connectivity index (χ3n) is 3.69. The third kappa shape index (κ3) is 5.48. The Balaban J connectivity index is 2.30. The number of aromatic nitrogens is 2. The maximum atomic E-state index is 13.2. The fraction of sp³-hybridized carbons (Fsp3) is 0.471. The van der Waals surface area contributed by atoms with Crippen molar-refractivity contribution in [2.24, 2.45) is 5.73 Å². The Morgan fingerprint density at radius 3 is 2.76 bits per heavy atom. The number of rotatable bonds is 10. The van der Waals surface area contributed by atoms with Crippen molar-refractivity contribution < 1.29 is 18.3 Å². The van der Waals surface area contributed by atoms with E-state index in [1.54, 1.807) is 19.4 Å². The molecular formula is C17H24F2N4O2. The van der Waals surface area contributed by atoms with Crippen molar-refractivity contribution in [3.05, 3.63) is 35.5 Å². The fourth-order valence-corrected chi connectivity index (χ4v) is 2.49. The van der Waals surface area contributed by atoms with E-state index in [1.165, 1.54) is 12.1 Å². The van der Waals surface area contributed by atoms with Crippen LogP contribution in [-0.2, 0) is 11.3 Å². The minimum absolute atomic E-state index is 0.0965. The average Bonchev–Trinajstić information content (AvgIpc) is 3.03. The topological polar surface area (TPSA) is 76.4 Å². The quantitative estimate of drug-likeness (QED) is 0.641. The Hall–Kier alpha value is -2.03. The Bertz CT molecular complexity index is 664. The maximum Gasteiger partial charge on any atom is 0.264 e. The summed E-state index contributed by atoms with van der Waals surface area (Å²) in [6.07, 6.45) is -0.890. The summed E-state index contributed by atoms with van der Waals surface area (Å²) in [6.45, 7) is 2.56. The molecule has 0 atom stereocenters. The summed E-state index contributed by atoms with van der Waals surface area (Å²) in [6, 6.07) is 4.52. The number of methoxy groups -OCH3 is 1. The summed E-state index contributed by atoms with van der Waals surface area (Å²) in [5, 5.41) is 6.96. The number of benzene rings is 1. The number of ether oxygens (including phenoxy) is 2. The molecule has 3 N–H and O–H groups in total. The number of alkyl halides is 2. The molecule has 2 rings (SSSR count). The first kappa shape index (κ1) is 19.3. The predicted octanol–water partition coefficient (Wildman–Crippen LogP) is 2.43. The lowest BCUT2D eigenvalue weighted by molar-refractivity contribution is 0.143. The lowest BCUT2D eigenvalue weighted by Crippen LogP contribution is -2.25. The van der Waals surface area contributed by atoms with Gasteiger partial charge >= 0.3 is 0 Å². The Morgan fingerprint density at radius 2 is 2.08 bits per heavy atom. The summed E-state index contributed by atoms with van der Waals surface area (Å²) >= 11 is 0. The van der Waals surface area contributed by atoms with Gasteiger partial charge < -0.3 is 20.1 Å². The first-order chi connectivity index (χ1) is 12.0. The highest BCUT2D eigenvalue weighted by Gasteiger charge is 2.15. The number of hydrogen-bond acceptors (Lipinski definition) is 5. The van der Waals surface area contributed by atoms with E-state index in [0.29, 0.717) is 36.7 Å². The molecule has 138 valence electrons. The van der Waals surface area contributed by atoms with Crippen LogP contribution in [0.4, 0.5) is 8.78 Å². The second-order valence-corrected chi connectivity index (χ2v) is 5.73. The molecule has 0 spiro atoms. The van der Waals surface area contributed by atoms with Crippen LogP contribution in [0, 0.1) is 0 Å². The molecule has 0 bridgehead atoms. The Kier molecular flexibility index (Phi) is 7.30. The maximum absolute atomic E-state index is 13.2. The van der Waals surface area contributed by atoms with Gasteiger partial charge in [0.15, 0.2) is 0 Å². The van der Waals surface area contributed by atoms with Crippen LogP contribution in [-0.4, -0.2) is 55.6 Å². The van der Waals surface area contributed by atoms with Crippen LogP contribution >= 0.6 is 0 Å². The molecule has 8 heteroatoms. The molecule has 0 aliphatic rings. The Labute approximate surface area is 145 Å². The molecule has 0 unspecified atom stereocenters. The van der Waals surface area contributed by atoms with E-state index in [0.717, 1.165) is 12.1 Å². The van der Waals surface area contributed by atoms with Crippen LogP contribution < -0.4 is 10.5 Å². The van der Waals surface area contributed by atoms with E-state index in [9.17, 15) is 8.78 Å². The van der Waals surface area contributed by atoms with Gasteiger partial charge in [0.1, 0.15) is 12.4 Å². The number of nitrogens with two attached hydrogens (primary N) is 1. The van der Waals surface area contributed by atoms with Crippen LogP contribution in [0.3, 0.4) is 0 Å². The fourth-order valence-electron chi connectivity index (χ4n) is 2.49. The number of halogens is 2. The van der Waals surface area contributed by atoms with Gasteiger partial charge in [-0.05, 0) is 25.2 Å². The van der Waals surface area contributed by atoms with Crippen LogP contribution in [0.25, 0.3) is 11.3 Å². The van der Waals surface area contributed by atoms with Gasteiger partial charge in [0.2, 0.25) is 0 Å². The summed E-state index contributed by atoms with van der Waals surface area (Å²) in [7, 11) is 3.50. The molecule has 2 aromatic rings. The minimum Gasteiger partial charge on any atom is -0.491 e. The monoisotopic (exact) mass is 354 g/mol. The normalized spacial score (nSPS) is 11.5. The highest BCUT2D eigenvalue weighted by atomic mass is 19.3. The van der Waals surface area contributed by atoms with E-state index >= 15 is 0 Å². The molecule has 0 aliphatic heterocycles. The van der Waals surface area contributed by atoms with E-state index < -0.39 is 6.43 Å². The smallest absolute Gasteiger partial charge is 0.264 e. The lowest BCUT2D eigenvalue weighted by atomic mass is 10.0. The molecule has 0 saturated carbocycles. The van der Waals surface area contributed by atoms with E-state index in [2.05, 4.69) is 10.2 Å². The summed E-state index contributed by atoms with van der Waals surface area (Å²) in [5.74, 6) is 0.376. The summed E-state index contributed by atoms with van der Waals surface area (Å²) < 4.78 is 36.9. The van der Waals surface area contributed by atoms with Crippen LogP contribution in [0.15, 0.2) is 24.4 Å². The molecule has 0 aliphatic carbocycles. The van der Waals surface area contributed by atoms with Gasteiger partial charge in [0.25, 0.3) is 6.43 Å². The van der Waals surface area contributed by atoms with Crippen molar-refractivity contribution in [1.82, 2.24) is 15.1 Å². The molecule has 0 radical (unpaired) electrons. The summed E-state index contributed by atoms with van der Waals surface area (Å²) in [4.78, 5) is 2.04. The van der Waals surface area contributed by atoms with Crippen molar-refractivity contribution in [2.75, 3.05) is 40.5 Å². The zero-order chi connectivity index (χ0) is 18.2. The van der Waals surface area contributed by atoms with Gasteiger partial charge in [-0.15, -0.1) is 0 Å². The van der Waals surface area contributed by atoms with Crippen LogP contribution in [0.1, 0.15) is 17.6 Å². The van der Waals surface area contributed by atoms with Crippen molar-refractivity contribution >= 4 is 0 Å². The molecule has 0 amide bonds. The van der Waals surface area contributed by atoms with Gasteiger partial charge in [-0.2, -0.15) is 5.10 Å². The summed E-state index contributed by atoms with van der Waals surface area (Å²) in [5.41, 5.74) is 7.68. The van der Waals surface area contributed by atoms with Gasteiger partial charge in [0, 0.05) is 43.4 Å². The number of aromatic amines is 1. The van der Waals surface area contributed by atoms with Crippen LogP contribution in [0.5, 0.6) is 5.75 Å². The van der Waals surface area contributed by atoms with Crippen LogP contribution in [0.2, 0.25) is 0 Å². The van der Waals surface area contributed by atoms with Gasteiger partial charge in [-0.3, -0.25) is 5.10 Å². The molecular weight excluding hydrogens is 330 g/mol. The van der Waals surface area contributed by atoms with E-state index in [4.69, 9.17) is 15.2 Å². The standard InChI is InChI=1S/C17H24F2N4O2/c1-23(4-3-20)11-14-10-21-22-16(14)12-7-13(17(18)19)9-15(8-12)25-6-5-24-2/h7-10,17H,3-6,11,20H2,1-2H3,(H,21,22). The second kappa shape index (κ2) is 9.45. The molecule has 25 heavy (non-hydrogen) atoms. The number of hydrogen-bond donors (Lipinski definition) is 2. The van der Waals surface area contributed by atoms with Gasteiger partial charge in [-0.25, -0.2) is 8.78 Å². The lowest BCUT2D eigenvalue weighted by Gasteiger charge is -2.16. The van der Waals surface area contributed by atoms with Crippen molar-refractivity contribution in [1.29, 1.82) is 0 Å². The van der Waals surface area contributed by atoms with Crippen molar-refractivity contribution in [2.45, 2.75) is 13.0 Å². The molecule has 1 heterocycles. The minimum atomic E-state index is -2.59. The molecule has 0 saturated heterocycles. The van der Waals surface area contributed by atoms with E-state index in [-0.39, 0.29) is 12.2 Å². The molecule has 0 fully saturated rings. The largest absolute Gasteiger partial charge is 0.491 e. The first-order valence-electron chi connectivity index (χ1n) is 8.01. The number of H-pyrrole nitrogens is 1. The average molecular weight is 354 g/mol. The number of nitrogens with one attached hydrogen (secondary N) is 1. The Morgan fingerprint density at radius 1 is 1.28 bits per heavy atom. The highest BCUT2D eigenvalue weighted by molar-refractivity contribution is 5.65. The first-order valence-corrected chi connectivity index (χ1v) is 8.01. The zero-order valence-corrected chi connectivity index (χ0v) is 14.5. The second-order valence-electron chi connectivity index (χ2n) is 5.73. The highest BCUT2D eigenvalue weighted by Crippen LogP contribution is 2.31. The zero-order valence-electron chi connectivity index (χ0n) is 14.5. The van der Waals surface area contributed by atoms with Crippen molar-refractivity contribution in [3.63, 3.8) is 0 Å². The van der Waals surface area contributed by atoms with Gasteiger partial charge in [-0.1, -0.05) is 0 Å². The number of nitrogens with zero attached hydrogens (tertiary/aromatic N) is 2. The molecule has 1 aromatic carbocycles. The number of likely N-dealkylation sites (N-methyl/N-ethyl adjacent to an activating group) is 1. The van der Waals surface area contributed by atoms with Gasteiger partial charge in [0.05, 0.1) is 18.5 Å². The predicted molar refractivity (Wildman–Crippen MR) is 91.7 cm³/mol.